The molecule has 0 saturated carbocycles. The molecule has 3 atom stereocenters. The Kier molecular flexibility index (Phi) is 9.00. The maximum absolute atomic E-state index is 12.3. The largest absolute Gasteiger partial charge is 0.480 e. The van der Waals surface area contributed by atoms with Gasteiger partial charge in [-0.15, -0.1) is 11.8 Å². The number of nitrogens with zero attached hydrogens (tertiary/aromatic N) is 1. The molecule has 2 rings (SSSR count). The number of nitrogens with one attached hydrogen (secondary N) is 2. The number of carbonyl (C=O) groups excluding carboxylic acids is 3. The van der Waals surface area contributed by atoms with Gasteiger partial charge in [0.25, 0.3) is 0 Å². The minimum Gasteiger partial charge on any atom is -0.480 e. The number of carboxylic acids is 1. The lowest BCUT2D eigenvalue weighted by atomic mass is 9.96. The van der Waals surface area contributed by atoms with Crippen LogP contribution in [0.1, 0.15) is 85.0 Å². The average molecular weight is 442 g/mol. The SMILES string of the molecule is CCCCCCCCCCCC(=O)NC(=O)N[C@@H]1C(=O)N2[C@@H]1SC(C)(C)[C@@H]2C(=O)O. The van der Waals surface area contributed by atoms with Crippen LogP contribution in [0.5, 0.6) is 0 Å². The molecule has 2 aliphatic heterocycles. The minimum absolute atomic E-state index is 0.278. The number of hydrogen-bond donors (Lipinski definition) is 3. The normalized spacial score (nSPS) is 24.2. The molecular weight excluding hydrogens is 406 g/mol. The van der Waals surface area contributed by atoms with Crippen molar-refractivity contribution in [3.8, 4) is 0 Å². The van der Waals surface area contributed by atoms with E-state index in [0.717, 1.165) is 19.3 Å². The number of amides is 4. The summed E-state index contributed by atoms with van der Waals surface area (Å²) in [7, 11) is 0. The molecule has 30 heavy (non-hydrogen) atoms. The number of urea groups is 1. The van der Waals surface area contributed by atoms with Crippen molar-refractivity contribution in [2.24, 2.45) is 0 Å². The summed E-state index contributed by atoms with van der Waals surface area (Å²) in [6.45, 7) is 5.75. The van der Waals surface area contributed by atoms with Gasteiger partial charge < -0.3 is 15.3 Å². The lowest BCUT2D eigenvalue weighted by Crippen LogP contribution is -2.71. The van der Waals surface area contributed by atoms with Gasteiger partial charge in [0.2, 0.25) is 11.8 Å². The van der Waals surface area contributed by atoms with Crippen LogP contribution in [-0.2, 0) is 14.4 Å². The van der Waals surface area contributed by atoms with Crippen LogP contribution in [0.3, 0.4) is 0 Å². The van der Waals surface area contributed by atoms with Crippen LogP contribution in [0.2, 0.25) is 0 Å². The molecule has 0 aliphatic carbocycles. The van der Waals surface area contributed by atoms with E-state index in [0.29, 0.717) is 0 Å². The molecule has 0 unspecified atom stereocenters. The van der Waals surface area contributed by atoms with Gasteiger partial charge in [-0.1, -0.05) is 58.3 Å². The zero-order chi connectivity index (χ0) is 22.3. The average Bonchev–Trinajstić information content (AvgIpc) is 2.93. The van der Waals surface area contributed by atoms with Gasteiger partial charge in [0.15, 0.2) is 0 Å². The van der Waals surface area contributed by atoms with Gasteiger partial charge in [-0.25, -0.2) is 9.59 Å². The Balaban J connectivity index is 1.63. The lowest BCUT2D eigenvalue weighted by Gasteiger charge is -2.43. The predicted molar refractivity (Wildman–Crippen MR) is 116 cm³/mol. The van der Waals surface area contributed by atoms with E-state index in [1.54, 1.807) is 13.8 Å². The Bertz CT molecular complexity index is 655. The Labute approximate surface area is 182 Å². The van der Waals surface area contributed by atoms with E-state index < -0.39 is 40.1 Å². The van der Waals surface area contributed by atoms with Gasteiger partial charge in [-0.3, -0.25) is 14.9 Å². The van der Waals surface area contributed by atoms with Crippen molar-refractivity contribution in [2.75, 3.05) is 0 Å². The number of rotatable bonds is 12. The first-order valence-electron chi connectivity index (χ1n) is 11.0. The summed E-state index contributed by atoms with van der Waals surface area (Å²) in [6, 6.07) is -2.43. The quantitative estimate of drug-likeness (QED) is 0.316. The third-order valence-corrected chi connectivity index (χ3v) is 7.29. The third kappa shape index (κ3) is 6.12. The van der Waals surface area contributed by atoms with E-state index in [9.17, 15) is 24.3 Å². The van der Waals surface area contributed by atoms with E-state index >= 15 is 0 Å². The van der Waals surface area contributed by atoms with Gasteiger partial charge in [0.05, 0.1) is 0 Å². The molecule has 2 aliphatic rings. The summed E-state index contributed by atoms with van der Waals surface area (Å²) in [5.74, 6) is -1.84. The van der Waals surface area contributed by atoms with Gasteiger partial charge in [0.1, 0.15) is 17.5 Å². The molecule has 2 heterocycles. The molecule has 170 valence electrons. The standard InChI is InChI=1S/C21H35N3O5S/c1-4-5-6-7-8-9-10-11-12-13-14(25)22-20(29)23-15-17(26)24-16(19(27)28)21(2,3)30-18(15)24/h15-16,18H,4-13H2,1-3H3,(H,27,28)(H2,22,23,25,29)/t15-,16+,18-/m1/s1. The molecule has 8 nitrogen and oxygen atoms in total. The molecule has 4 amide bonds. The van der Waals surface area contributed by atoms with Crippen LogP contribution in [0.25, 0.3) is 0 Å². The van der Waals surface area contributed by atoms with Crippen LogP contribution in [-0.4, -0.2) is 56.0 Å². The first kappa shape index (κ1) is 24.5. The Morgan fingerprint density at radius 3 is 2.17 bits per heavy atom. The van der Waals surface area contributed by atoms with Crippen molar-refractivity contribution >= 4 is 35.6 Å². The number of fused-ring (bicyclic) bond motifs is 1. The van der Waals surface area contributed by atoms with Gasteiger partial charge in [-0.2, -0.15) is 0 Å². The van der Waals surface area contributed by atoms with Gasteiger partial charge in [0, 0.05) is 11.2 Å². The fourth-order valence-corrected chi connectivity index (χ4v) is 5.73. The first-order chi connectivity index (χ1) is 14.2. The van der Waals surface area contributed by atoms with E-state index in [2.05, 4.69) is 17.6 Å². The first-order valence-corrected chi connectivity index (χ1v) is 11.9. The predicted octanol–water partition coefficient (Wildman–Crippen LogP) is 3.25. The zero-order valence-electron chi connectivity index (χ0n) is 18.2. The summed E-state index contributed by atoms with van der Waals surface area (Å²) in [5.41, 5.74) is 0. The monoisotopic (exact) mass is 441 g/mol. The summed E-state index contributed by atoms with van der Waals surface area (Å²) >= 11 is 1.35. The molecular formula is C21H35N3O5S. The fraction of sp³-hybridized carbons (Fsp3) is 0.810. The van der Waals surface area contributed by atoms with Crippen molar-refractivity contribution in [1.82, 2.24) is 15.5 Å². The summed E-state index contributed by atoms with van der Waals surface area (Å²) in [5, 5.41) is 13.8. The smallest absolute Gasteiger partial charge is 0.327 e. The van der Waals surface area contributed by atoms with Gasteiger partial charge in [-0.05, 0) is 20.3 Å². The molecule has 2 fully saturated rings. The highest BCUT2D eigenvalue weighted by molar-refractivity contribution is 8.01. The summed E-state index contributed by atoms with van der Waals surface area (Å²) in [6.07, 6.45) is 10.6. The number of β-lactam (4-membered cyclic amide) rings is 1. The van der Waals surface area contributed by atoms with E-state index in [-0.39, 0.29) is 12.3 Å². The minimum atomic E-state index is -1.05. The van der Waals surface area contributed by atoms with Gasteiger partial charge >= 0.3 is 12.0 Å². The molecule has 0 spiro atoms. The Morgan fingerprint density at radius 2 is 1.60 bits per heavy atom. The highest BCUT2D eigenvalue weighted by Crippen LogP contribution is 2.50. The van der Waals surface area contributed by atoms with Crippen LogP contribution in [0, 0.1) is 0 Å². The number of carboxylic acid groups (broad SMARTS) is 1. The van der Waals surface area contributed by atoms with Crippen LogP contribution >= 0.6 is 11.8 Å². The summed E-state index contributed by atoms with van der Waals surface area (Å²) in [4.78, 5) is 49.2. The fourth-order valence-electron chi connectivity index (χ4n) is 4.11. The molecule has 0 radical (unpaired) electrons. The molecule has 9 heteroatoms. The topological polar surface area (TPSA) is 116 Å². The highest BCUT2D eigenvalue weighted by Gasteiger charge is 2.64. The van der Waals surface area contributed by atoms with Crippen molar-refractivity contribution < 1.29 is 24.3 Å². The molecule has 0 aromatic heterocycles. The number of imide groups is 1. The van der Waals surface area contributed by atoms with Crippen LogP contribution < -0.4 is 10.6 Å². The number of unbranched alkanes of at least 4 members (excludes halogenated alkanes) is 8. The molecule has 0 aromatic carbocycles. The van der Waals surface area contributed by atoms with Crippen LogP contribution in [0.15, 0.2) is 0 Å². The second-order valence-electron chi connectivity index (χ2n) is 8.68. The number of carbonyl (C=O) groups is 4. The Hall–Kier alpha value is -1.77. The number of thioether (sulfide) groups is 1. The van der Waals surface area contributed by atoms with Crippen LogP contribution in [0.4, 0.5) is 4.79 Å². The second kappa shape index (κ2) is 11.0. The lowest BCUT2D eigenvalue weighted by molar-refractivity contribution is -0.159. The van der Waals surface area contributed by atoms with Crippen molar-refractivity contribution in [3.63, 3.8) is 0 Å². The molecule has 2 saturated heterocycles. The van der Waals surface area contributed by atoms with E-state index in [4.69, 9.17) is 0 Å². The molecule has 3 N–H and O–H groups in total. The van der Waals surface area contributed by atoms with E-state index in [1.165, 1.54) is 55.2 Å². The van der Waals surface area contributed by atoms with Crippen molar-refractivity contribution in [2.45, 2.75) is 107 Å². The van der Waals surface area contributed by atoms with E-state index in [1.807, 2.05) is 0 Å². The highest BCUT2D eigenvalue weighted by atomic mass is 32.2. The van der Waals surface area contributed by atoms with Crippen molar-refractivity contribution in [3.05, 3.63) is 0 Å². The molecule has 0 aromatic rings. The number of aliphatic carboxylic acids is 1. The molecule has 0 bridgehead atoms. The van der Waals surface area contributed by atoms with Crippen molar-refractivity contribution in [1.29, 1.82) is 0 Å². The maximum Gasteiger partial charge on any atom is 0.327 e. The Morgan fingerprint density at radius 1 is 1.03 bits per heavy atom. The maximum atomic E-state index is 12.3. The third-order valence-electron chi connectivity index (χ3n) is 5.72. The number of hydrogen-bond acceptors (Lipinski definition) is 5. The summed E-state index contributed by atoms with van der Waals surface area (Å²) < 4.78 is -0.648. The second-order valence-corrected chi connectivity index (χ2v) is 10.4. The zero-order valence-corrected chi connectivity index (χ0v) is 19.1.